The summed E-state index contributed by atoms with van der Waals surface area (Å²) in [7, 11) is 1.43. The molecule has 0 bridgehead atoms. The zero-order valence-electron chi connectivity index (χ0n) is 15.4. The number of nitrogens with zero attached hydrogens (tertiary/aromatic N) is 2. The summed E-state index contributed by atoms with van der Waals surface area (Å²) in [6.07, 6.45) is -4.63. The highest BCUT2D eigenvalue weighted by molar-refractivity contribution is 6.11. The van der Waals surface area contributed by atoms with Gasteiger partial charge in [-0.3, -0.25) is 20.0 Å². The summed E-state index contributed by atoms with van der Waals surface area (Å²) < 4.78 is 49.5. The van der Waals surface area contributed by atoms with E-state index in [2.05, 4.69) is 15.5 Å². The summed E-state index contributed by atoms with van der Waals surface area (Å²) in [5.41, 5.74) is -1.34. The minimum atomic E-state index is -4.63. The maximum Gasteiger partial charge on any atom is 0.416 e. The lowest BCUT2D eigenvalue weighted by molar-refractivity contribution is -0.384. The molecule has 0 unspecified atom stereocenters. The van der Waals surface area contributed by atoms with E-state index in [4.69, 9.17) is 9.47 Å². The van der Waals surface area contributed by atoms with Crippen molar-refractivity contribution in [1.29, 1.82) is 0 Å². The molecule has 2 N–H and O–H groups in total. The van der Waals surface area contributed by atoms with Crippen LogP contribution in [-0.2, 0) is 10.9 Å². The molecule has 2 aromatic carbocycles. The van der Waals surface area contributed by atoms with E-state index in [1.165, 1.54) is 19.2 Å². The molecule has 0 fully saturated rings. The van der Waals surface area contributed by atoms with Gasteiger partial charge in [-0.05, 0) is 24.3 Å². The normalized spacial score (nSPS) is 11.5. The first-order valence-corrected chi connectivity index (χ1v) is 8.47. The lowest BCUT2D eigenvalue weighted by Crippen LogP contribution is -2.16. The SMILES string of the molecule is COCCOc1ccc(C(F)(F)F)cc1NC(=O)c1n[nH]c2ccc([N+](=O)[O-])cc12. The fourth-order valence-corrected chi connectivity index (χ4v) is 2.63. The summed E-state index contributed by atoms with van der Waals surface area (Å²) >= 11 is 0. The lowest BCUT2D eigenvalue weighted by atomic mass is 10.1. The molecule has 1 heterocycles. The van der Waals surface area contributed by atoms with E-state index in [1.54, 1.807) is 0 Å². The van der Waals surface area contributed by atoms with Gasteiger partial charge in [0.1, 0.15) is 12.4 Å². The second-order valence-corrected chi connectivity index (χ2v) is 6.06. The number of carbonyl (C=O) groups is 1. The monoisotopic (exact) mass is 424 g/mol. The van der Waals surface area contributed by atoms with Crippen molar-refractivity contribution < 1.29 is 32.4 Å². The van der Waals surface area contributed by atoms with Gasteiger partial charge in [0.15, 0.2) is 5.69 Å². The number of aromatic amines is 1. The van der Waals surface area contributed by atoms with Crippen LogP contribution in [0.15, 0.2) is 36.4 Å². The van der Waals surface area contributed by atoms with Gasteiger partial charge >= 0.3 is 6.18 Å². The van der Waals surface area contributed by atoms with Crippen molar-refractivity contribution in [3.8, 4) is 5.75 Å². The van der Waals surface area contributed by atoms with Crippen LogP contribution in [0.25, 0.3) is 10.9 Å². The standard InChI is InChI=1S/C18H15F3N4O5/c1-29-6-7-30-15-5-2-10(18(19,20)21)8-14(15)22-17(26)16-12-9-11(25(27)28)3-4-13(12)23-24-16/h2-5,8-9H,6-7H2,1H3,(H,22,26)(H,23,24). The van der Waals surface area contributed by atoms with E-state index >= 15 is 0 Å². The second-order valence-electron chi connectivity index (χ2n) is 6.06. The molecule has 3 rings (SSSR count). The van der Waals surface area contributed by atoms with Crippen LogP contribution in [0, 0.1) is 10.1 Å². The van der Waals surface area contributed by atoms with Gasteiger partial charge in [-0.1, -0.05) is 0 Å². The van der Waals surface area contributed by atoms with Crippen LogP contribution in [0.3, 0.4) is 0 Å². The van der Waals surface area contributed by atoms with Crippen molar-refractivity contribution in [3.63, 3.8) is 0 Å². The van der Waals surface area contributed by atoms with Gasteiger partial charge in [-0.25, -0.2) is 0 Å². The molecule has 12 heteroatoms. The molecule has 0 saturated heterocycles. The highest BCUT2D eigenvalue weighted by Crippen LogP contribution is 2.35. The third kappa shape index (κ3) is 4.49. The number of carbonyl (C=O) groups excluding carboxylic acids is 1. The summed E-state index contributed by atoms with van der Waals surface area (Å²) in [6, 6.07) is 6.40. The summed E-state index contributed by atoms with van der Waals surface area (Å²) in [4.78, 5) is 23.0. The molecule has 1 amide bonds. The molecular formula is C18H15F3N4O5. The molecular weight excluding hydrogens is 409 g/mol. The molecule has 3 aromatic rings. The van der Waals surface area contributed by atoms with Crippen LogP contribution in [0.5, 0.6) is 5.75 Å². The Balaban J connectivity index is 1.95. The third-order valence-corrected chi connectivity index (χ3v) is 4.07. The first-order valence-electron chi connectivity index (χ1n) is 8.47. The maximum absolute atomic E-state index is 13.1. The van der Waals surface area contributed by atoms with E-state index in [0.29, 0.717) is 5.52 Å². The molecule has 0 spiro atoms. The number of amides is 1. The Hall–Kier alpha value is -3.67. The minimum absolute atomic E-state index is 0.000721. The fraction of sp³-hybridized carbons (Fsp3) is 0.222. The van der Waals surface area contributed by atoms with E-state index < -0.39 is 22.6 Å². The lowest BCUT2D eigenvalue weighted by Gasteiger charge is -2.15. The quantitative estimate of drug-likeness (QED) is 0.339. The largest absolute Gasteiger partial charge is 0.489 e. The minimum Gasteiger partial charge on any atom is -0.489 e. The molecule has 0 aliphatic rings. The number of hydrogen-bond donors (Lipinski definition) is 2. The number of ether oxygens (including phenoxy) is 2. The van der Waals surface area contributed by atoms with E-state index in [0.717, 1.165) is 24.3 Å². The van der Waals surface area contributed by atoms with Crippen molar-refractivity contribution in [2.24, 2.45) is 0 Å². The number of alkyl halides is 3. The number of nitro benzene ring substituents is 1. The number of H-pyrrole nitrogens is 1. The summed E-state index contributed by atoms with van der Waals surface area (Å²) in [6.45, 7) is 0.227. The van der Waals surface area contributed by atoms with Crippen molar-refractivity contribution in [3.05, 3.63) is 57.8 Å². The number of fused-ring (bicyclic) bond motifs is 1. The van der Waals surface area contributed by atoms with Crippen molar-refractivity contribution in [1.82, 2.24) is 10.2 Å². The van der Waals surface area contributed by atoms with Gasteiger partial charge in [0, 0.05) is 24.6 Å². The molecule has 0 radical (unpaired) electrons. The Labute approximate surface area is 166 Å². The average Bonchev–Trinajstić information content (AvgIpc) is 3.11. The first-order chi connectivity index (χ1) is 14.2. The molecule has 0 aliphatic carbocycles. The zero-order chi connectivity index (χ0) is 21.9. The van der Waals surface area contributed by atoms with Gasteiger partial charge in [0.2, 0.25) is 0 Å². The summed E-state index contributed by atoms with van der Waals surface area (Å²) in [5, 5.41) is 19.8. The highest BCUT2D eigenvalue weighted by Gasteiger charge is 2.31. The van der Waals surface area contributed by atoms with Crippen molar-refractivity contribution in [2.45, 2.75) is 6.18 Å². The highest BCUT2D eigenvalue weighted by atomic mass is 19.4. The Morgan fingerprint density at radius 1 is 1.23 bits per heavy atom. The number of nitrogens with one attached hydrogen (secondary N) is 2. The topological polar surface area (TPSA) is 119 Å². The number of halogens is 3. The molecule has 9 nitrogen and oxygen atoms in total. The van der Waals surface area contributed by atoms with E-state index in [1.807, 2.05) is 0 Å². The number of non-ortho nitro benzene ring substituents is 1. The maximum atomic E-state index is 13.1. The van der Waals surface area contributed by atoms with Crippen LogP contribution in [0.2, 0.25) is 0 Å². The smallest absolute Gasteiger partial charge is 0.416 e. The zero-order valence-corrected chi connectivity index (χ0v) is 15.4. The van der Waals surface area contributed by atoms with Gasteiger partial charge < -0.3 is 14.8 Å². The molecule has 30 heavy (non-hydrogen) atoms. The van der Waals surface area contributed by atoms with Gasteiger partial charge in [-0.2, -0.15) is 18.3 Å². The third-order valence-electron chi connectivity index (χ3n) is 4.07. The number of methoxy groups -OCH3 is 1. The first kappa shape index (κ1) is 21.0. The van der Waals surface area contributed by atoms with Gasteiger partial charge in [0.25, 0.3) is 11.6 Å². The number of aromatic nitrogens is 2. The fourth-order valence-electron chi connectivity index (χ4n) is 2.63. The molecule has 1 aromatic heterocycles. The number of hydrogen-bond acceptors (Lipinski definition) is 6. The van der Waals surface area contributed by atoms with Crippen LogP contribution in [0.4, 0.5) is 24.5 Å². The number of nitro groups is 1. The number of anilines is 1. The van der Waals surface area contributed by atoms with E-state index in [9.17, 15) is 28.1 Å². The van der Waals surface area contributed by atoms with Gasteiger partial charge in [-0.15, -0.1) is 0 Å². The number of rotatable bonds is 7. The molecule has 0 saturated carbocycles. The van der Waals surface area contributed by atoms with Crippen LogP contribution in [0.1, 0.15) is 16.1 Å². The van der Waals surface area contributed by atoms with Crippen molar-refractivity contribution in [2.75, 3.05) is 25.6 Å². The van der Waals surface area contributed by atoms with Gasteiger partial charge in [0.05, 0.1) is 28.3 Å². The van der Waals surface area contributed by atoms with Crippen LogP contribution in [-0.4, -0.2) is 41.4 Å². The molecule has 0 atom stereocenters. The van der Waals surface area contributed by atoms with Crippen LogP contribution < -0.4 is 10.1 Å². The predicted octanol–water partition coefficient (Wildman–Crippen LogP) is 3.77. The van der Waals surface area contributed by atoms with Crippen LogP contribution >= 0.6 is 0 Å². The Kier molecular flexibility index (Phi) is 5.87. The Morgan fingerprint density at radius 3 is 2.67 bits per heavy atom. The predicted molar refractivity (Wildman–Crippen MR) is 99.5 cm³/mol. The Morgan fingerprint density at radius 2 is 2.00 bits per heavy atom. The Bertz CT molecular complexity index is 1100. The molecule has 0 aliphatic heterocycles. The average molecular weight is 424 g/mol. The summed E-state index contributed by atoms with van der Waals surface area (Å²) in [5.74, 6) is -0.864. The van der Waals surface area contributed by atoms with Crippen molar-refractivity contribution >= 4 is 28.2 Å². The van der Waals surface area contributed by atoms with E-state index in [-0.39, 0.29) is 41.4 Å². The molecule has 158 valence electrons. The second kappa shape index (κ2) is 8.37. The number of benzene rings is 2.